The molecule has 2 unspecified atom stereocenters. The van der Waals surface area contributed by atoms with Gasteiger partial charge in [0.25, 0.3) is 0 Å². The average molecular weight is 319 g/mol. The summed E-state index contributed by atoms with van der Waals surface area (Å²) in [5, 5.41) is 13.9. The number of sulfone groups is 1. The normalized spacial score (nSPS) is 33.0. The maximum Gasteiger partial charge on any atom is 0.166 e. The van der Waals surface area contributed by atoms with Crippen molar-refractivity contribution in [1.29, 1.82) is 0 Å². The third-order valence-corrected chi connectivity index (χ3v) is 7.68. The van der Waals surface area contributed by atoms with Crippen molar-refractivity contribution in [3.05, 3.63) is 42.1 Å². The van der Waals surface area contributed by atoms with Crippen molar-refractivity contribution in [1.82, 2.24) is 5.16 Å². The molecule has 1 aromatic heterocycles. The summed E-state index contributed by atoms with van der Waals surface area (Å²) in [5.41, 5.74) is 0.621. The first-order chi connectivity index (χ1) is 10.5. The SMILES string of the molecule is O=S1(=O)C2CCC1CC(O)(c1ccc(-c3ccno3)cc1)C2. The van der Waals surface area contributed by atoms with Crippen LogP contribution in [-0.2, 0) is 15.4 Å². The van der Waals surface area contributed by atoms with Crippen LogP contribution in [0, 0.1) is 0 Å². The highest BCUT2D eigenvalue weighted by Crippen LogP contribution is 2.47. The van der Waals surface area contributed by atoms with Crippen LogP contribution in [0.3, 0.4) is 0 Å². The number of benzene rings is 1. The summed E-state index contributed by atoms with van der Waals surface area (Å²) >= 11 is 0. The predicted octanol–water partition coefficient (Wildman–Crippen LogP) is 2.27. The topological polar surface area (TPSA) is 80.4 Å². The van der Waals surface area contributed by atoms with Gasteiger partial charge < -0.3 is 9.63 Å². The summed E-state index contributed by atoms with van der Waals surface area (Å²) in [4.78, 5) is 0. The largest absolute Gasteiger partial charge is 0.385 e. The molecule has 0 amide bonds. The minimum Gasteiger partial charge on any atom is -0.385 e. The highest BCUT2D eigenvalue weighted by molar-refractivity contribution is 7.93. The lowest BCUT2D eigenvalue weighted by Crippen LogP contribution is -2.43. The molecule has 2 fully saturated rings. The maximum atomic E-state index is 12.2. The Bertz CT molecular complexity index is 760. The van der Waals surface area contributed by atoms with Crippen LogP contribution in [0.2, 0.25) is 0 Å². The van der Waals surface area contributed by atoms with Gasteiger partial charge in [0, 0.05) is 11.6 Å². The molecule has 2 aliphatic heterocycles. The summed E-state index contributed by atoms with van der Waals surface area (Å²) in [7, 11) is -3.03. The Morgan fingerprint density at radius 1 is 1.09 bits per heavy atom. The highest BCUT2D eigenvalue weighted by Gasteiger charge is 2.53. The van der Waals surface area contributed by atoms with E-state index in [9.17, 15) is 13.5 Å². The van der Waals surface area contributed by atoms with Crippen LogP contribution in [0.25, 0.3) is 11.3 Å². The van der Waals surface area contributed by atoms with Crippen molar-refractivity contribution in [2.75, 3.05) is 0 Å². The van der Waals surface area contributed by atoms with Crippen molar-refractivity contribution in [3.8, 4) is 11.3 Å². The molecule has 2 aromatic rings. The van der Waals surface area contributed by atoms with Gasteiger partial charge in [0.1, 0.15) is 0 Å². The Kier molecular flexibility index (Phi) is 2.96. The molecule has 0 saturated carbocycles. The van der Waals surface area contributed by atoms with E-state index in [1.807, 2.05) is 24.3 Å². The second-order valence-electron chi connectivity index (χ2n) is 6.30. The first-order valence-corrected chi connectivity index (χ1v) is 9.07. The lowest BCUT2D eigenvalue weighted by Gasteiger charge is -2.36. The fourth-order valence-electron chi connectivity index (χ4n) is 3.79. The highest BCUT2D eigenvalue weighted by atomic mass is 32.2. The van der Waals surface area contributed by atoms with E-state index in [0.29, 0.717) is 31.4 Å². The molecule has 2 saturated heterocycles. The second-order valence-corrected chi connectivity index (χ2v) is 8.82. The number of hydrogen-bond donors (Lipinski definition) is 1. The second kappa shape index (κ2) is 4.67. The summed E-state index contributed by atoms with van der Waals surface area (Å²) in [6.07, 6.45) is 3.53. The van der Waals surface area contributed by atoms with Crippen LogP contribution in [0.4, 0.5) is 0 Å². The summed E-state index contributed by atoms with van der Waals surface area (Å²) in [6, 6.07) is 9.24. The minimum absolute atomic E-state index is 0.299. The van der Waals surface area contributed by atoms with Crippen LogP contribution in [0.15, 0.2) is 41.1 Å². The minimum atomic E-state index is -3.03. The van der Waals surface area contributed by atoms with Gasteiger partial charge in [0.2, 0.25) is 0 Å². The quantitative estimate of drug-likeness (QED) is 0.918. The van der Waals surface area contributed by atoms with Gasteiger partial charge >= 0.3 is 0 Å². The van der Waals surface area contributed by atoms with E-state index in [-0.39, 0.29) is 0 Å². The van der Waals surface area contributed by atoms with Crippen molar-refractivity contribution in [3.63, 3.8) is 0 Å². The number of rotatable bonds is 2. The van der Waals surface area contributed by atoms with E-state index < -0.39 is 25.9 Å². The predicted molar refractivity (Wildman–Crippen MR) is 80.8 cm³/mol. The molecule has 6 heteroatoms. The van der Waals surface area contributed by atoms with Crippen molar-refractivity contribution in [2.24, 2.45) is 0 Å². The number of aromatic nitrogens is 1. The zero-order chi connectivity index (χ0) is 15.4. The third kappa shape index (κ3) is 2.01. The molecule has 116 valence electrons. The van der Waals surface area contributed by atoms with Crippen molar-refractivity contribution >= 4 is 9.84 Å². The van der Waals surface area contributed by atoms with Crippen molar-refractivity contribution < 1.29 is 18.0 Å². The first kappa shape index (κ1) is 14.0. The van der Waals surface area contributed by atoms with Crippen LogP contribution in [0.5, 0.6) is 0 Å². The molecule has 2 atom stereocenters. The standard InChI is InChI=1S/C16H17NO4S/c18-16(9-13-5-6-14(10-16)22(13,19)20)12-3-1-11(2-4-12)15-7-8-17-21-15/h1-4,7-8,13-14,18H,5-6,9-10H2. The summed E-state index contributed by atoms with van der Waals surface area (Å²) < 4.78 is 29.5. The average Bonchev–Trinajstić information content (AvgIpc) is 3.06. The Labute approximate surface area is 128 Å². The van der Waals surface area contributed by atoms with Gasteiger partial charge in [-0.1, -0.05) is 29.4 Å². The summed E-state index contributed by atoms with van der Waals surface area (Å²) in [6.45, 7) is 0. The van der Waals surface area contributed by atoms with Gasteiger partial charge in [-0.25, -0.2) is 8.42 Å². The molecule has 1 aromatic carbocycles. The van der Waals surface area contributed by atoms with Gasteiger partial charge in [-0.3, -0.25) is 0 Å². The molecular weight excluding hydrogens is 302 g/mol. The van der Waals surface area contributed by atoms with Crippen LogP contribution in [-0.4, -0.2) is 29.2 Å². The van der Waals surface area contributed by atoms with Crippen molar-refractivity contribution in [2.45, 2.75) is 41.8 Å². The van der Waals surface area contributed by atoms with Gasteiger partial charge in [-0.15, -0.1) is 0 Å². The van der Waals surface area contributed by atoms with Gasteiger partial charge in [0.15, 0.2) is 15.6 Å². The third-order valence-electron chi connectivity index (χ3n) is 5.02. The maximum absolute atomic E-state index is 12.2. The molecule has 3 heterocycles. The van der Waals surface area contributed by atoms with E-state index in [2.05, 4.69) is 5.16 Å². The molecule has 2 aliphatic rings. The monoisotopic (exact) mass is 319 g/mol. The lowest BCUT2D eigenvalue weighted by atomic mass is 9.85. The van der Waals surface area contributed by atoms with E-state index in [1.165, 1.54) is 0 Å². The zero-order valence-corrected chi connectivity index (χ0v) is 12.8. The van der Waals surface area contributed by atoms with E-state index in [0.717, 1.165) is 11.1 Å². The molecule has 22 heavy (non-hydrogen) atoms. The van der Waals surface area contributed by atoms with Crippen LogP contribution >= 0.6 is 0 Å². The molecule has 5 nitrogen and oxygen atoms in total. The molecule has 2 bridgehead atoms. The Morgan fingerprint density at radius 2 is 1.73 bits per heavy atom. The van der Waals surface area contributed by atoms with E-state index >= 15 is 0 Å². The zero-order valence-electron chi connectivity index (χ0n) is 12.0. The van der Waals surface area contributed by atoms with Gasteiger partial charge in [-0.2, -0.15) is 0 Å². The fourth-order valence-corrected chi connectivity index (χ4v) is 6.28. The molecule has 0 radical (unpaired) electrons. The Hall–Kier alpha value is -1.66. The molecule has 4 rings (SSSR count). The first-order valence-electron chi connectivity index (χ1n) is 7.46. The van der Waals surface area contributed by atoms with Crippen LogP contribution in [0.1, 0.15) is 31.2 Å². The molecule has 0 aliphatic carbocycles. The van der Waals surface area contributed by atoms with E-state index in [4.69, 9.17) is 4.52 Å². The molecular formula is C16H17NO4S. The number of nitrogens with zero attached hydrogens (tertiary/aromatic N) is 1. The fraction of sp³-hybridized carbons (Fsp3) is 0.438. The number of hydrogen-bond acceptors (Lipinski definition) is 5. The van der Waals surface area contributed by atoms with Gasteiger partial charge in [-0.05, 0) is 31.2 Å². The number of aliphatic hydroxyl groups is 1. The Balaban J connectivity index is 1.65. The lowest BCUT2D eigenvalue weighted by molar-refractivity contribution is 0.0173. The van der Waals surface area contributed by atoms with E-state index in [1.54, 1.807) is 12.3 Å². The molecule has 0 spiro atoms. The number of fused-ring (bicyclic) bond motifs is 2. The Morgan fingerprint density at radius 3 is 2.27 bits per heavy atom. The molecule has 1 N–H and O–H groups in total. The summed E-state index contributed by atoms with van der Waals surface area (Å²) in [5.74, 6) is 0.671. The van der Waals surface area contributed by atoms with Crippen LogP contribution < -0.4 is 0 Å². The smallest absolute Gasteiger partial charge is 0.166 e. The van der Waals surface area contributed by atoms with Gasteiger partial charge in [0.05, 0.1) is 22.3 Å².